The van der Waals surface area contributed by atoms with Gasteiger partial charge < -0.3 is 15.1 Å². The number of nitrogens with zero attached hydrogens (tertiary/aromatic N) is 3. The highest BCUT2D eigenvalue weighted by molar-refractivity contribution is 5.64. The molecule has 2 rings (SSSR count). The van der Waals surface area contributed by atoms with Crippen molar-refractivity contribution >= 4 is 11.6 Å². The molecular weight excluding hydrogens is 218 g/mol. The fraction of sp³-hybridized carbons (Fsp3) is 0.636. The largest absolute Gasteiger partial charge is 0.490 e. The number of hydrogen-bond donors (Lipinski definition) is 2. The van der Waals surface area contributed by atoms with Crippen molar-refractivity contribution in [3.8, 4) is 5.75 Å². The second-order valence-electron chi connectivity index (χ2n) is 4.41. The fourth-order valence-electron chi connectivity index (χ4n) is 1.99. The highest BCUT2D eigenvalue weighted by Crippen LogP contribution is 2.39. The van der Waals surface area contributed by atoms with Crippen molar-refractivity contribution in [3.05, 3.63) is 6.33 Å². The molecule has 0 spiro atoms. The predicted octanol–water partition coefficient (Wildman–Crippen LogP) is 1.01. The number of nitrogens with one attached hydrogen (secondary N) is 1. The molecular formula is C11H19N5O. The minimum absolute atomic E-state index is 0.449. The van der Waals surface area contributed by atoms with E-state index < -0.39 is 0 Å². The first-order valence-corrected chi connectivity index (χ1v) is 5.77. The summed E-state index contributed by atoms with van der Waals surface area (Å²) in [5, 5.41) is 0. The van der Waals surface area contributed by atoms with Gasteiger partial charge in [0, 0.05) is 13.1 Å². The SMILES string of the molecule is COc1c(NN)ncnc1N(C)C(C)C1CC1. The van der Waals surface area contributed by atoms with Gasteiger partial charge in [-0.15, -0.1) is 0 Å². The number of hydrogen-bond acceptors (Lipinski definition) is 6. The maximum atomic E-state index is 5.40. The Morgan fingerprint density at radius 3 is 2.76 bits per heavy atom. The molecule has 1 unspecified atom stereocenters. The average Bonchev–Trinajstić information content (AvgIpc) is 3.20. The van der Waals surface area contributed by atoms with Gasteiger partial charge >= 0.3 is 0 Å². The van der Waals surface area contributed by atoms with Crippen molar-refractivity contribution in [2.75, 3.05) is 24.5 Å². The third-order valence-corrected chi connectivity index (χ3v) is 3.38. The summed E-state index contributed by atoms with van der Waals surface area (Å²) in [5.41, 5.74) is 2.52. The Morgan fingerprint density at radius 1 is 1.53 bits per heavy atom. The van der Waals surface area contributed by atoms with Crippen LogP contribution < -0.4 is 20.9 Å². The van der Waals surface area contributed by atoms with Crippen LogP contribution in [0.2, 0.25) is 0 Å². The van der Waals surface area contributed by atoms with Gasteiger partial charge in [-0.25, -0.2) is 15.8 Å². The Labute approximate surface area is 101 Å². The molecule has 1 aromatic rings. The molecule has 0 radical (unpaired) electrons. The zero-order valence-corrected chi connectivity index (χ0v) is 10.5. The van der Waals surface area contributed by atoms with Crippen molar-refractivity contribution in [2.45, 2.75) is 25.8 Å². The summed E-state index contributed by atoms with van der Waals surface area (Å²) in [6.07, 6.45) is 4.07. The second kappa shape index (κ2) is 4.75. The zero-order valence-electron chi connectivity index (χ0n) is 10.5. The molecule has 1 aliphatic rings. The van der Waals surface area contributed by atoms with Crippen LogP contribution in [0.4, 0.5) is 11.6 Å². The van der Waals surface area contributed by atoms with Crippen LogP contribution in [-0.4, -0.2) is 30.2 Å². The summed E-state index contributed by atoms with van der Waals surface area (Å²) in [4.78, 5) is 10.4. The first-order valence-electron chi connectivity index (χ1n) is 5.77. The first kappa shape index (κ1) is 11.9. The fourth-order valence-corrected chi connectivity index (χ4v) is 1.99. The highest BCUT2D eigenvalue weighted by atomic mass is 16.5. The highest BCUT2D eigenvalue weighted by Gasteiger charge is 2.32. The molecule has 1 fully saturated rings. The summed E-state index contributed by atoms with van der Waals surface area (Å²) < 4.78 is 5.33. The van der Waals surface area contributed by atoms with Gasteiger partial charge in [-0.3, -0.25) is 0 Å². The second-order valence-corrected chi connectivity index (χ2v) is 4.41. The van der Waals surface area contributed by atoms with Crippen LogP contribution in [0.1, 0.15) is 19.8 Å². The monoisotopic (exact) mass is 237 g/mol. The van der Waals surface area contributed by atoms with Gasteiger partial charge in [0.2, 0.25) is 5.75 Å². The minimum Gasteiger partial charge on any atom is -0.490 e. The van der Waals surface area contributed by atoms with Gasteiger partial charge in [0.05, 0.1) is 7.11 Å². The van der Waals surface area contributed by atoms with Crippen molar-refractivity contribution in [2.24, 2.45) is 11.8 Å². The molecule has 1 heterocycles. The van der Waals surface area contributed by atoms with E-state index in [4.69, 9.17) is 10.6 Å². The third kappa shape index (κ3) is 2.26. The third-order valence-electron chi connectivity index (χ3n) is 3.38. The normalized spacial score (nSPS) is 16.5. The molecule has 1 aliphatic carbocycles. The van der Waals surface area contributed by atoms with E-state index >= 15 is 0 Å². The molecule has 1 atom stereocenters. The maximum Gasteiger partial charge on any atom is 0.205 e. The molecule has 1 saturated carbocycles. The quantitative estimate of drug-likeness (QED) is 0.588. The summed E-state index contributed by atoms with van der Waals surface area (Å²) >= 11 is 0. The van der Waals surface area contributed by atoms with Gasteiger partial charge in [0.15, 0.2) is 11.6 Å². The Bertz CT molecular complexity index is 393. The van der Waals surface area contributed by atoms with Gasteiger partial charge in [0.25, 0.3) is 0 Å². The van der Waals surface area contributed by atoms with Crippen molar-refractivity contribution < 1.29 is 4.74 Å². The van der Waals surface area contributed by atoms with E-state index in [9.17, 15) is 0 Å². The molecule has 0 amide bonds. The Balaban J connectivity index is 2.29. The zero-order chi connectivity index (χ0) is 12.4. The Kier molecular flexibility index (Phi) is 3.33. The first-order chi connectivity index (χ1) is 8.19. The summed E-state index contributed by atoms with van der Waals surface area (Å²) in [7, 11) is 3.62. The summed E-state index contributed by atoms with van der Waals surface area (Å²) in [5.74, 6) is 8.03. The molecule has 0 bridgehead atoms. The topological polar surface area (TPSA) is 76.3 Å². The van der Waals surface area contributed by atoms with E-state index in [-0.39, 0.29) is 0 Å². The van der Waals surface area contributed by atoms with E-state index in [1.807, 2.05) is 7.05 Å². The molecule has 0 aromatic carbocycles. The molecule has 94 valence electrons. The molecule has 6 heteroatoms. The van der Waals surface area contributed by atoms with Crippen LogP contribution in [0.3, 0.4) is 0 Å². The van der Waals surface area contributed by atoms with Crippen molar-refractivity contribution in [1.82, 2.24) is 9.97 Å². The van der Waals surface area contributed by atoms with E-state index in [0.717, 1.165) is 11.7 Å². The minimum atomic E-state index is 0.449. The summed E-state index contributed by atoms with van der Waals surface area (Å²) in [6, 6.07) is 0.449. The number of aromatic nitrogens is 2. The number of hydrazine groups is 1. The van der Waals surface area contributed by atoms with E-state index in [0.29, 0.717) is 17.6 Å². The van der Waals surface area contributed by atoms with Gasteiger partial charge in [-0.2, -0.15) is 0 Å². The number of anilines is 2. The van der Waals surface area contributed by atoms with Crippen LogP contribution >= 0.6 is 0 Å². The van der Waals surface area contributed by atoms with E-state index in [1.54, 1.807) is 7.11 Å². The molecule has 3 N–H and O–H groups in total. The molecule has 1 aromatic heterocycles. The number of methoxy groups -OCH3 is 1. The summed E-state index contributed by atoms with van der Waals surface area (Å²) in [6.45, 7) is 2.20. The standard InChI is InChI=1S/C11H19N5O/c1-7(8-4-5-8)16(2)11-9(17-3)10(15-12)13-6-14-11/h6-8H,4-5,12H2,1-3H3,(H,13,14,15). The number of nitrogen functional groups attached to an aromatic ring is 1. The van der Waals surface area contributed by atoms with Gasteiger partial charge in [-0.05, 0) is 25.7 Å². The lowest BCUT2D eigenvalue weighted by Gasteiger charge is -2.27. The van der Waals surface area contributed by atoms with Crippen molar-refractivity contribution in [1.29, 1.82) is 0 Å². The van der Waals surface area contributed by atoms with E-state index in [1.165, 1.54) is 19.2 Å². The van der Waals surface area contributed by atoms with Crippen LogP contribution in [0.5, 0.6) is 5.75 Å². The molecule has 0 saturated heterocycles. The van der Waals surface area contributed by atoms with E-state index in [2.05, 4.69) is 27.2 Å². The lowest BCUT2D eigenvalue weighted by molar-refractivity contribution is 0.410. The molecule has 17 heavy (non-hydrogen) atoms. The number of nitrogens with two attached hydrogens (primary N) is 1. The smallest absolute Gasteiger partial charge is 0.205 e. The average molecular weight is 237 g/mol. The number of ether oxygens (including phenoxy) is 1. The molecule has 0 aliphatic heterocycles. The van der Waals surface area contributed by atoms with Gasteiger partial charge in [-0.1, -0.05) is 0 Å². The lowest BCUT2D eigenvalue weighted by Crippen LogP contribution is -2.32. The van der Waals surface area contributed by atoms with Crippen molar-refractivity contribution in [3.63, 3.8) is 0 Å². The van der Waals surface area contributed by atoms with Gasteiger partial charge in [0.1, 0.15) is 6.33 Å². The lowest BCUT2D eigenvalue weighted by atomic mass is 10.2. The Morgan fingerprint density at radius 2 is 2.24 bits per heavy atom. The van der Waals surface area contributed by atoms with Crippen LogP contribution in [0, 0.1) is 5.92 Å². The van der Waals surface area contributed by atoms with Crippen LogP contribution in [-0.2, 0) is 0 Å². The van der Waals surface area contributed by atoms with Crippen LogP contribution in [0.15, 0.2) is 6.33 Å². The molecule has 6 nitrogen and oxygen atoms in total. The predicted molar refractivity (Wildman–Crippen MR) is 67.0 cm³/mol. The number of rotatable bonds is 5. The van der Waals surface area contributed by atoms with Crippen LogP contribution in [0.25, 0.3) is 0 Å². The maximum absolute atomic E-state index is 5.40. The Hall–Kier alpha value is -1.56.